The van der Waals surface area contributed by atoms with E-state index in [1.165, 1.54) is 26.4 Å². The summed E-state index contributed by atoms with van der Waals surface area (Å²) in [7, 11) is 2.97. The van der Waals surface area contributed by atoms with Gasteiger partial charge in [0.1, 0.15) is 5.82 Å². The predicted octanol–water partition coefficient (Wildman–Crippen LogP) is 5.73. The molecule has 3 aromatic rings. The largest absolute Gasteiger partial charge is 0.493 e. The number of nitrogens with one attached hydrogen (secondary N) is 1. The van der Waals surface area contributed by atoms with Gasteiger partial charge in [0.05, 0.1) is 33.7 Å². The first-order valence-electron chi connectivity index (χ1n) is 12.4. The molecule has 8 heteroatoms. The quantitative estimate of drug-likeness (QED) is 0.328. The van der Waals surface area contributed by atoms with Crippen LogP contribution in [0.2, 0.25) is 0 Å². The third-order valence-electron chi connectivity index (χ3n) is 6.48. The Bertz CT molecular complexity index is 1420. The van der Waals surface area contributed by atoms with Crippen LogP contribution in [-0.4, -0.2) is 37.8 Å². The molecule has 3 aromatic carbocycles. The molecule has 1 aliphatic carbocycles. The van der Waals surface area contributed by atoms with Crippen molar-refractivity contribution in [1.82, 2.24) is 5.32 Å². The van der Waals surface area contributed by atoms with Gasteiger partial charge < -0.3 is 24.6 Å². The number of amides is 1. The molecule has 0 saturated carbocycles. The number of hydrogen-bond acceptors (Lipinski definition) is 5. The molecule has 2 N–H and O–H groups in total. The van der Waals surface area contributed by atoms with Crippen molar-refractivity contribution in [1.29, 1.82) is 0 Å². The van der Waals surface area contributed by atoms with Crippen molar-refractivity contribution in [2.75, 3.05) is 20.8 Å². The number of benzene rings is 3. The monoisotopic (exact) mass is 531 g/mol. The molecule has 0 radical (unpaired) electrons. The Balaban J connectivity index is 1.66. The normalized spacial score (nSPS) is 13.3. The predicted molar refractivity (Wildman–Crippen MR) is 147 cm³/mol. The number of carbonyl (C=O) groups is 2. The Hall–Kier alpha value is -4.59. The highest BCUT2D eigenvalue weighted by Crippen LogP contribution is 2.45. The van der Waals surface area contributed by atoms with Gasteiger partial charge in [0.25, 0.3) is 0 Å². The smallest absolute Gasteiger partial charge is 0.306 e. The van der Waals surface area contributed by atoms with E-state index in [-0.39, 0.29) is 31.2 Å². The molecule has 1 amide bonds. The summed E-state index contributed by atoms with van der Waals surface area (Å²) in [6.07, 6.45) is 1.86. The summed E-state index contributed by atoms with van der Waals surface area (Å²) in [4.78, 5) is 23.8. The zero-order chi connectivity index (χ0) is 27.9. The summed E-state index contributed by atoms with van der Waals surface area (Å²) in [6.45, 7) is 2.28. The zero-order valence-corrected chi connectivity index (χ0v) is 22.0. The lowest BCUT2D eigenvalue weighted by Gasteiger charge is -2.15. The van der Waals surface area contributed by atoms with Gasteiger partial charge in [0, 0.05) is 6.54 Å². The van der Waals surface area contributed by atoms with Crippen LogP contribution in [-0.2, 0) is 16.1 Å². The third kappa shape index (κ3) is 6.46. The van der Waals surface area contributed by atoms with Gasteiger partial charge in [-0.05, 0) is 76.2 Å². The average Bonchev–Trinajstić information content (AvgIpc) is 3.17. The summed E-state index contributed by atoms with van der Waals surface area (Å²) in [5, 5.41) is 11.9. The van der Waals surface area contributed by atoms with Crippen molar-refractivity contribution in [3.8, 4) is 17.2 Å². The molecule has 7 nitrogen and oxygen atoms in total. The number of allylic oxidation sites excluding steroid dienone is 2. The summed E-state index contributed by atoms with van der Waals surface area (Å²) < 4.78 is 30.9. The van der Waals surface area contributed by atoms with E-state index in [9.17, 15) is 14.0 Å². The van der Waals surface area contributed by atoms with Crippen molar-refractivity contribution >= 4 is 29.1 Å². The first kappa shape index (κ1) is 27.4. The lowest BCUT2D eigenvalue weighted by atomic mass is 10.00. The van der Waals surface area contributed by atoms with Gasteiger partial charge in [-0.25, -0.2) is 4.39 Å². The molecule has 0 heterocycles. The number of aliphatic carboxylic acids is 1. The van der Waals surface area contributed by atoms with E-state index in [0.29, 0.717) is 29.4 Å². The molecule has 0 bridgehead atoms. The number of carbonyl (C=O) groups excluding carboxylic acids is 1. The van der Waals surface area contributed by atoms with Gasteiger partial charge in [0.15, 0.2) is 11.5 Å². The number of halogens is 1. The Morgan fingerprint density at radius 3 is 2.31 bits per heavy atom. The molecule has 0 unspecified atom stereocenters. The number of fused-ring (bicyclic) bond motifs is 1. The lowest BCUT2D eigenvalue weighted by Crippen LogP contribution is -2.22. The van der Waals surface area contributed by atoms with Gasteiger partial charge >= 0.3 is 5.97 Å². The molecule has 39 heavy (non-hydrogen) atoms. The fourth-order valence-electron chi connectivity index (χ4n) is 4.53. The highest BCUT2D eigenvalue weighted by Gasteiger charge is 2.26. The van der Waals surface area contributed by atoms with Crippen LogP contribution >= 0.6 is 0 Å². The van der Waals surface area contributed by atoms with Crippen molar-refractivity contribution in [3.63, 3.8) is 0 Å². The minimum atomic E-state index is -0.975. The summed E-state index contributed by atoms with van der Waals surface area (Å²) in [6, 6.07) is 17.7. The highest BCUT2D eigenvalue weighted by molar-refractivity contribution is 6.08. The second kappa shape index (κ2) is 12.3. The SMILES string of the molecule is COc1cc(/C=C2/C(C)=C(CC(=O)NCc3ccccc3)c3cc(F)ccc32)cc(OC)c1OCCC(=O)O. The van der Waals surface area contributed by atoms with Gasteiger partial charge in [-0.1, -0.05) is 36.4 Å². The number of carboxylic acid groups (broad SMARTS) is 1. The lowest BCUT2D eigenvalue weighted by molar-refractivity contribution is -0.137. The maximum atomic E-state index is 14.3. The van der Waals surface area contributed by atoms with E-state index < -0.39 is 5.97 Å². The Morgan fingerprint density at radius 2 is 1.67 bits per heavy atom. The fraction of sp³-hybridized carbons (Fsp3) is 0.226. The van der Waals surface area contributed by atoms with Gasteiger partial charge in [0.2, 0.25) is 11.7 Å². The molecule has 4 rings (SSSR count). The molecule has 0 aromatic heterocycles. The highest BCUT2D eigenvalue weighted by atomic mass is 19.1. The van der Waals surface area contributed by atoms with E-state index in [1.807, 2.05) is 43.3 Å². The van der Waals surface area contributed by atoms with Crippen LogP contribution in [0.3, 0.4) is 0 Å². The van der Waals surface area contributed by atoms with Crippen LogP contribution in [0.25, 0.3) is 17.2 Å². The van der Waals surface area contributed by atoms with Gasteiger partial charge in [-0.2, -0.15) is 0 Å². The van der Waals surface area contributed by atoms with Gasteiger partial charge in [-0.3, -0.25) is 9.59 Å². The minimum absolute atomic E-state index is 0.0427. The van der Waals surface area contributed by atoms with Crippen molar-refractivity contribution < 1.29 is 33.3 Å². The van der Waals surface area contributed by atoms with Crippen LogP contribution in [0.15, 0.2) is 66.2 Å². The van der Waals surface area contributed by atoms with Crippen LogP contribution < -0.4 is 19.5 Å². The number of ether oxygens (including phenoxy) is 3. The number of rotatable bonds is 11. The second-order valence-electron chi connectivity index (χ2n) is 9.04. The molecule has 0 fully saturated rings. The number of methoxy groups -OCH3 is 2. The van der Waals surface area contributed by atoms with Crippen LogP contribution in [0.4, 0.5) is 4.39 Å². The van der Waals surface area contributed by atoms with Gasteiger partial charge in [-0.15, -0.1) is 0 Å². The summed E-state index contributed by atoms with van der Waals surface area (Å²) in [5.74, 6) is -0.443. The zero-order valence-electron chi connectivity index (χ0n) is 22.0. The van der Waals surface area contributed by atoms with E-state index in [4.69, 9.17) is 19.3 Å². The topological polar surface area (TPSA) is 94.1 Å². The maximum absolute atomic E-state index is 14.3. The number of carboxylic acids is 1. The van der Waals surface area contributed by atoms with Crippen molar-refractivity contribution in [2.24, 2.45) is 0 Å². The van der Waals surface area contributed by atoms with Crippen LogP contribution in [0, 0.1) is 5.82 Å². The molecular weight excluding hydrogens is 501 g/mol. The Morgan fingerprint density at radius 1 is 0.974 bits per heavy atom. The standard InChI is InChI=1S/C31H30FNO6/c1-19-24(13-21-14-27(37-2)31(28(15-21)38-3)39-12-11-30(35)36)23-10-9-22(32)16-26(23)25(19)17-29(34)33-18-20-7-5-4-6-8-20/h4-10,13-16H,11-12,17-18H2,1-3H3,(H,33,34)(H,35,36)/b24-13-. The Labute approximate surface area is 226 Å². The third-order valence-corrected chi connectivity index (χ3v) is 6.48. The average molecular weight is 532 g/mol. The first-order chi connectivity index (χ1) is 18.8. The van der Waals surface area contributed by atoms with E-state index in [0.717, 1.165) is 33.4 Å². The number of hydrogen-bond donors (Lipinski definition) is 2. The fourth-order valence-corrected chi connectivity index (χ4v) is 4.53. The molecular formula is C31H30FNO6. The molecule has 0 saturated heterocycles. The second-order valence-corrected chi connectivity index (χ2v) is 9.04. The molecule has 0 spiro atoms. The van der Waals surface area contributed by atoms with E-state index >= 15 is 0 Å². The van der Waals surface area contributed by atoms with E-state index in [2.05, 4.69) is 5.32 Å². The van der Waals surface area contributed by atoms with E-state index in [1.54, 1.807) is 18.2 Å². The van der Waals surface area contributed by atoms with Crippen LogP contribution in [0.1, 0.15) is 42.0 Å². The van der Waals surface area contributed by atoms with Crippen molar-refractivity contribution in [2.45, 2.75) is 26.3 Å². The van der Waals surface area contributed by atoms with Crippen molar-refractivity contribution in [3.05, 3.63) is 94.3 Å². The summed E-state index contributed by atoms with van der Waals surface area (Å²) in [5.41, 5.74) is 5.70. The maximum Gasteiger partial charge on any atom is 0.306 e. The van der Waals surface area contributed by atoms with Crippen LogP contribution in [0.5, 0.6) is 17.2 Å². The molecule has 1 aliphatic rings. The first-order valence-corrected chi connectivity index (χ1v) is 12.4. The summed E-state index contributed by atoms with van der Waals surface area (Å²) >= 11 is 0. The molecule has 202 valence electrons. The molecule has 0 aliphatic heterocycles. The minimum Gasteiger partial charge on any atom is -0.493 e. The molecule has 0 atom stereocenters. The Kier molecular flexibility index (Phi) is 8.66.